The minimum atomic E-state index is -3.43. The number of benzene rings is 2. The van der Waals surface area contributed by atoms with E-state index in [0.29, 0.717) is 22.7 Å². The highest BCUT2D eigenvalue weighted by Crippen LogP contribution is 2.22. The standard InChI is InChI=1S/C17H14FN3O4S/c1-26(23,24)21-14-4-2-3-13(9-14)20-16(22)17-19-10-15(25-17)11-5-7-12(18)8-6-11/h2-10,21H,1H3,(H,20,22). The predicted octanol–water partition coefficient (Wildman–Crippen LogP) is 3.10. The maximum absolute atomic E-state index is 13.0. The molecule has 0 saturated heterocycles. The van der Waals surface area contributed by atoms with Crippen molar-refractivity contribution in [1.29, 1.82) is 0 Å². The lowest BCUT2D eigenvalue weighted by atomic mass is 10.2. The number of oxazole rings is 1. The van der Waals surface area contributed by atoms with E-state index in [0.717, 1.165) is 6.26 Å². The molecule has 9 heteroatoms. The van der Waals surface area contributed by atoms with Crippen LogP contribution in [0, 0.1) is 5.82 Å². The minimum absolute atomic E-state index is 0.175. The van der Waals surface area contributed by atoms with E-state index in [1.807, 2.05) is 0 Å². The maximum Gasteiger partial charge on any atom is 0.311 e. The molecule has 3 rings (SSSR count). The number of nitrogens with zero attached hydrogens (tertiary/aromatic N) is 1. The van der Waals surface area contributed by atoms with Crippen molar-refractivity contribution in [2.24, 2.45) is 0 Å². The number of carbonyl (C=O) groups excluding carboxylic acids is 1. The van der Waals surface area contributed by atoms with E-state index in [1.165, 1.54) is 36.5 Å². The van der Waals surface area contributed by atoms with E-state index in [4.69, 9.17) is 4.42 Å². The lowest BCUT2D eigenvalue weighted by molar-refractivity contribution is 0.0991. The van der Waals surface area contributed by atoms with Crippen LogP contribution in [0.5, 0.6) is 0 Å². The quantitative estimate of drug-likeness (QED) is 0.714. The molecule has 0 aliphatic rings. The Labute approximate surface area is 148 Å². The third-order valence-corrected chi connectivity index (χ3v) is 3.86. The van der Waals surface area contributed by atoms with Gasteiger partial charge in [0.1, 0.15) is 5.82 Å². The van der Waals surface area contributed by atoms with Crippen molar-refractivity contribution < 1.29 is 22.0 Å². The smallest absolute Gasteiger partial charge is 0.311 e. The van der Waals surface area contributed by atoms with Crippen LogP contribution >= 0.6 is 0 Å². The molecular formula is C17H14FN3O4S. The number of rotatable bonds is 5. The molecule has 1 heterocycles. The molecule has 0 unspecified atom stereocenters. The Morgan fingerprint density at radius 2 is 1.81 bits per heavy atom. The van der Waals surface area contributed by atoms with E-state index < -0.39 is 15.9 Å². The van der Waals surface area contributed by atoms with Crippen molar-refractivity contribution in [3.63, 3.8) is 0 Å². The number of sulfonamides is 1. The summed E-state index contributed by atoms with van der Waals surface area (Å²) in [4.78, 5) is 16.2. The average Bonchev–Trinajstić information content (AvgIpc) is 3.04. The van der Waals surface area contributed by atoms with Crippen LogP contribution in [0.25, 0.3) is 11.3 Å². The lowest BCUT2D eigenvalue weighted by Gasteiger charge is -2.07. The third kappa shape index (κ3) is 4.45. The number of anilines is 2. The van der Waals surface area contributed by atoms with Crippen molar-refractivity contribution in [1.82, 2.24) is 4.98 Å². The molecule has 2 N–H and O–H groups in total. The number of nitrogens with one attached hydrogen (secondary N) is 2. The van der Waals surface area contributed by atoms with Gasteiger partial charge in [0.25, 0.3) is 5.89 Å². The minimum Gasteiger partial charge on any atom is -0.432 e. The van der Waals surface area contributed by atoms with Crippen molar-refractivity contribution in [3.8, 4) is 11.3 Å². The fourth-order valence-electron chi connectivity index (χ4n) is 2.19. The summed E-state index contributed by atoms with van der Waals surface area (Å²) in [5.41, 5.74) is 1.26. The first kappa shape index (κ1) is 17.6. The number of carbonyl (C=O) groups is 1. The van der Waals surface area contributed by atoms with E-state index in [9.17, 15) is 17.6 Å². The molecule has 3 aromatic rings. The predicted molar refractivity (Wildman–Crippen MR) is 94.8 cm³/mol. The fourth-order valence-corrected chi connectivity index (χ4v) is 2.74. The SMILES string of the molecule is CS(=O)(=O)Nc1cccc(NC(=O)c2ncc(-c3ccc(F)cc3)o2)c1. The van der Waals surface area contributed by atoms with Crippen LogP contribution in [0.4, 0.5) is 15.8 Å². The lowest BCUT2D eigenvalue weighted by Crippen LogP contribution is -2.13. The molecule has 2 aromatic carbocycles. The van der Waals surface area contributed by atoms with Crippen molar-refractivity contribution in [2.75, 3.05) is 16.3 Å². The van der Waals surface area contributed by atoms with E-state index in [1.54, 1.807) is 18.2 Å². The summed E-state index contributed by atoms with van der Waals surface area (Å²) in [6.45, 7) is 0. The van der Waals surface area contributed by atoms with Crippen LogP contribution in [-0.4, -0.2) is 25.6 Å². The van der Waals surface area contributed by atoms with E-state index in [2.05, 4.69) is 15.0 Å². The summed E-state index contributed by atoms with van der Waals surface area (Å²) in [7, 11) is -3.43. The summed E-state index contributed by atoms with van der Waals surface area (Å²) >= 11 is 0. The number of hydrogen-bond donors (Lipinski definition) is 2. The summed E-state index contributed by atoms with van der Waals surface area (Å²) in [6, 6.07) is 11.8. The maximum atomic E-state index is 13.0. The zero-order valence-corrected chi connectivity index (χ0v) is 14.4. The largest absolute Gasteiger partial charge is 0.432 e. The average molecular weight is 375 g/mol. The Kier molecular flexibility index (Phi) is 4.72. The monoisotopic (exact) mass is 375 g/mol. The van der Waals surface area contributed by atoms with Crippen molar-refractivity contribution >= 4 is 27.3 Å². The van der Waals surface area contributed by atoms with Gasteiger partial charge in [-0.3, -0.25) is 9.52 Å². The van der Waals surface area contributed by atoms with Crippen LogP contribution in [0.1, 0.15) is 10.7 Å². The van der Waals surface area contributed by atoms with Gasteiger partial charge in [-0.05, 0) is 42.5 Å². The zero-order valence-electron chi connectivity index (χ0n) is 13.6. The van der Waals surface area contributed by atoms with Gasteiger partial charge in [0.2, 0.25) is 10.0 Å². The van der Waals surface area contributed by atoms with Gasteiger partial charge >= 0.3 is 5.91 Å². The molecule has 0 aliphatic carbocycles. The Bertz CT molecular complexity index is 1050. The summed E-state index contributed by atoms with van der Waals surface area (Å²) in [5, 5.41) is 2.57. The first-order valence-corrected chi connectivity index (χ1v) is 9.30. The van der Waals surface area contributed by atoms with Gasteiger partial charge in [0.15, 0.2) is 5.76 Å². The number of halogens is 1. The summed E-state index contributed by atoms with van der Waals surface area (Å²) in [6.07, 6.45) is 2.39. The first-order chi connectivity index (χ1) is 12.3. The molecule has 0 bridgehead atoms. The van der Waals surface area contributed by atoms with Gasteiger partial charge in [-0.25, -0.2) is 17.8 Å². The van der Waals surface area contributed by atoms with Crippen LogP contribution in [0.15, 0.2) is 59.1 Å². The van der Waals surface area contributed by atoms with Crippen molar-refractivity contribution in [3.05, 3.63) is 66.4 Å². The normalized spacial score (nSPS) is 11.2. The second kappa shape index (κ2) is 6.96. The van der Waals surface area contributed by atoms with Gasteiger partial charge in [0.05, 0.1) is 18.1 Å². The van der Waals surface area contributed by atoms with Gasteiger partial charge in [0, 0.05) is 11.3 Å². The molecule has 0 atom stereocenters. The van der Waals surface area contributed by atoms with Gasteiger partial charge in [-0.1, -0.05) is 6.07 Å². The number of amides is 1. The molecule has 0 radical (unpaired) electrons. The van der Waals surface area contributed by atoms with Crippen LogP contribution in [0.2, 0.25) is 0 Å². The second-order valence-electron chi connectivity index (χ2n) is 5.45. The van der Waals surface area contributed by atoms with Gasteiger partial charge in [-0.15, -0.1) is 0 Å². The molecule has 7 nitrogen and oxygen atoms in total. The highest BCUT2D eigenvalue weighted by molar-refractivity contribution is 7.92. The molecule has 0 aliphatic heterocycles. The zero-order chi connectivity index (χ0) is 18.7. The van der Waals surface area contributed by atoms with Gasteiger partial charge in [-0.2, -0.15) is 0 Å². The third-order valence-electron chi connectivity index (χ3n) is 3.25. The van der Waals surface area contributed by atoms with E-state index >= 15 is 0 Å². The first-order valence-electron chi connectivity index (χ1n) is 7.41. The Balaban J connectivity index is 1.75. The molecule has 1 amide bonds. The van der Waals surface area contributed by atoms with E-state index in [-0.39, 0.29) is 11.7 Å². The Hall–Kier alpha value is -3.20. The van der Waals surface area contributed by atoms with Crippen LogP contribution in [0.3, 0.4) is 0 Å². The Morgan fingerprint density at radius 3 is 2.50 bits per heavy atom. The topological polar surface area (TPSA) is 101 Å². The number of hydrogen-bond acceptors (Lipinski definition) is 5. The molecule has 0 fully saturated rings. The molecule has 0 spiro atoms. The van der Waals surface area contributed by atoms with Crippen LogP contribution in [-0.2, 0) is 10.0 Å². The summed E-state index contributed by atoms with van der Waals surface area (Å²) < 4.78 is 43.2. The van der Waals surface area contributed by atoms with Crippen molar-refractivity contribution in [2.45, 2.75) is 0 Å². The molecule has 0 saturated carbocycles. The highest BCUT2D eigenvalue weighted by Gasteiger charge is 2.15. The van der Waals surface area contributed by atoms with Gasteiger partial charge < -0.3 is 9.73 Å². The highest BCUT2D eigenvalue weighted by atomic mass is 32.2. The summed E-state index contributed by atoms with van der Waals surface area (Å²) in [5.74, 6) is -0.836. The molecule has 26 heavy (non-hydrogen) atoms. The van der Waals surface area contributed by atoms with Crippen LogP contribution < -0.4 is 10.0 Å². The molecule has 1 aromatic heterocycles. The second-order valence-corrected chi connectivity index (χ2v) is 7.19. The molecular weight excluding hydrogens is 361 g/mol. The molecule has 134 valence electrons. The fraction of sp³-hybridized carbons (Fsp3) is 0.0588. The Morgan fingerprint density at radius 1 is 1.12 bits per heavy atom. The number of aromatic nitrogens is 1.